The average Bonchev–Trinajstić information content (AvgIpc) is 2.33. The highest BCUT2D eigenvalue weighted by atomic mass is 16.5. The van der Waals surface area contributed by atoms with Crippen LogP contribution in [0.15, 0.2) is 0 Å². The molecule has 0 aromatic heterocycles. The van der Waals surface area contributed by atoms with E-state index in [1.54, 1.807) is 0 Å². The molecular formula is C15H30N2O2. The third-order valence-electron chi connectivity index (χ3n) is 4.48. The lowest BCUT2D eigenvalue weighted by Crippen LogP contribution is -2.75. The fourth-order valence-corrected chi connectivity index (χ4v) is 2.69. The highest BCUT2D eigenvalue weighted by Gasteiger charge is 2.62. The minimum Gasteiger partial charge on any atom is -0.378 e. The van der Waals surface area contributed by atoms with Crippen LogP contribution in [0.5, 0.6) is 0 Å². The third-order valence-corrected chi connectivity index (χ3v) is 4.48. The number of carbonyl (C=O) groups is 1. The summed E-state index contributed by atoms with van der Waals surface area (Å²) >= 11 is 0. The topological polar surface area (TPSA) is 64.3 Å². The van der Waals surface area contributed by atoms with E-state index in [4.69, 9.17) is 10.5 Å². The van der Waals surface area contributed by atoms with E-state index >= 15 is 0 Å². The second kappa shape index (κ2) is 6.23. The van der Waals surface area contributed by atoms with Crippen molar-refractivity contribution in [3.05, 3.63) is 0 Å². The predicted octanol–water partition coefficient (Wildman–Crippen LogP) is 2.07. The van der Waals surface area contributed by atoms with Crippen molar-refractivity contribution in [1.29, 1.82) is 0 Å². The van der Waals surface area contributed by atoms with Crippen molar-refractivity contribution >= 4 is 5.91 Å². The maximum Gasteiger partial charge on any atom is 0.240 e. The molecule has 1 amide bonds. The summed E-state index contributed by atoms with van der Waals surface area (Å²) in [5, 5.41) is 2.98. The van der Waals surface area contributed by atoms with E-state index in [1.165, 1.54) is 0 Å². The van der Waals surface area contributed by atoms with Gasteiger partial charge in [0.1, 0.15) is 5.54 Å². The Kier molecular flexibility index (Phi) is 5.39. The summed E-state index contributed by atoms with van der Waals surface area (Å²) in [6.45, 7) is 11.8. The number of nitrogens with two attached hydrogens (primary N) is 1. The number of amides is 1. The van der Waals surface area contributed by atoms with Crippen LogP contribution in [0.2, 0.25) is 0 Å². The van der Waals surface area contributed by atoms with Gasteiger partial charge in [0.25, 0.3) is 0 Å². The van der Waals surface area contributed by atoms with Gasteiger partial charge >= 0.3 is 0 Å². The molecule has 19 heavy (non-hydrogen) atoms. The number of hydrogen-bond donors (Lipinski definition) is 2. The molecule has 3 N–H and O–H groups in total. The van der Waals surface area contributed by atoms with Crippen molar-refractivity contribution in [3.8, 4) is 0 Å². The molecule has 112 valence electrons. The molecule has 0 radical (unpaired) electrons. The van der Waals surface area contributed by atoms with Crippen LogP contribution in [0, 0.1) is 11.3 Å². The van der Waals surface area contributed by atoms with Crippen molar-refractivity contribution in [3.63, 3.8) is 0 Å². The van der Waals surface area contributed by atoms with Crippen LogP contribution < -0.4 is 11.1 Å². The van der Waals surface area contributed by atoms with Gasteiger partial charge in [-0.15, -0.1) is 0 Å². The molecular weight excluding hydrogens is 240 g/mol. The normalized spacial score (nSPS) is 29.1. The molecule has 0 saturated heterocycles. The second-order valence-corrected chi connectivity index (χ2v) is 6.63. The highest BCUT2D eigenvalue weighted by Crippen LogP contribution is 2.49. The summed E-state index contributed by atoms with van der Waals surface area (Å²) in [6.07, 6.45) is 2.84. The first kappa shape index (κ1) is 16.4. The maximum atomic E-state index is 12.3. The maximum absolute atomic E-state index is 12.3. The first-order chi connectivity index (χ1) is 8.75. The van der Waals surface area contributed by atoms with E-state index in [2.05, 4.69) is 19.2 Å². The third kappa shape index (κ3) is 3.29. The Morgan fingerprint density at radius 2 is 2.11 bits per heavy atom. The number of rotatable bonds is 7. The fourth-order valence-electron chi connectivity index (χ4n) is 2.69. The SMILES string of the molecule is CCOC1CC(N)(C(=O)NCCCC(C)C)C1(C)C. The molecule has 4 heteroatoms. The molecule has 2 atom stereocenters. The van der Waals surface area contributed by atoms with Crippen LogP contribution in [-0.2, 0) is 9.53 Å². The van der Waals surface area contributed by atoms with E-state index in [9.17, 15) is 4.79 Å². The number of carbonyl (C=O) groups excluding carboxylic acids is 1. The summed E-state index contributed by atoms with van der Waals surface area (Å²) < 4.78 is 5.64. The van der Waals surface area contributed by atoms with Gasteiger partial charge < -0.3 is 15.8 Å². The van der Waals surface area contributed by atoms with Crippen molar-refractivity contribution in [2.75, 3.05) is 13.2 Å². The minimum atomic E-state index is -0.787. The van der Waals surface area contributed by atoms with E-state index in [-0.39, 0.29) is 17.4 Å². The van der Waals surface area contributed by atoms with Crippen LogP contribution in [0.4, 0.5) is 0 Å². The standard InChI is InChI=1S/C15H30N2O2/c1-6-19-12-10-15(16,14(12,4)5)13(18)17-9-7-8-11(2)3/h11-12H,6-10,16H2,1-5H3,(H,17,18). The van der Waals surface area contributed by atoms with Crippen LogP contribution in [0.25, 0.3) is 0 Å². The van der Waals surface area contributed by atoms with Crippen LogP contribution in [-0.4, -0.2) is 30.7 Å². The lowest BCUT2D eigenvalue weighted by molar-refractivity contribution is -0.170. The Bertz CT molecular complexity index is 315. The van der Waals surface area contributed by atoms with Gasteiger partial charge in [-0.3, -0.25) is 4.79 Å². The highest BCUT2D eigenvalue weighted by molar-refractivity contribution is 5.88. The average molecular weight is 270 g/mol. The molecule has 0 spiro atoms. The molecule has 1 fully saturated rings. The van der Waals surface area contributed by atoms with Gasteiger partial charge in [-0.05, 0) is 25.7 Å². The molecule has 1 aliphatic carbocycles. The molecule has 1 rings (SSSR count). The Balaban J connectivity index is 2.44. The minimum absolute atomic E-state index is 0.0304. The molecule has 1 saturated carbocycles. The summed E-state index contributed by atoms with van der Waals surface area (Å²) in [7, 11) is 0. The Hall–Kier alpha value is -0.610. The van der Waals surface area contributed by atoms with Crippen molar-refractivity contribution in [2.45, 2.75) is 65.5 Å². The van der Waals surface area contributed by atoms with Gasteiger partial charge in [0.05, 0.1) is 6.10 Å². The van der Waals surface area contributed by atoms with Crippen molar-refractivity contribution in [1.82, 2.24) is 5.32 Å². The van der Waals surface area contributed by atoms with Crippen molar-refractivity contribution in [2.24, 2.45) is 17.1 Å². The van der Waals surface area contributed by atoms with Crippen LogP contribution >= 0.6 is 0 Å². The monoisotopic (exact) mass is 270 g/mol. The lowest BCUT2D eigenvalue weighted by Gasteiger charge is -2.57. The zero-order valence-electron chi connectivity index (χ0n) is 13.1. The largest absolute Gasteiger partial charge is 0.378 e. The van der Waals surface area contributed by atoms with Gasteiger partial charge in [-0.1, -0.05) is 27.7 Å². The van der Waals surface area contributed by atoms with Gasteiger partial charge in [-0.25, -0.2) is 0 Å². The molecule has 0 aliphatic heterocycles. The summed E-state index contributed by atoms with van der Waals surface area (Å²) in [5.41, 5.74) is 5.21. The van der Waals surface area contributed by atoms with E-state index in [0.29, 0.717) is 25.5 Å². The Morgan fingerprint density at radius 1 is 1.47 bits per heavy atom. The van der Waals surface area contributed by atoms with Gasteiger partial charge in [-0.2, -0.15) is 0 Å². The molecule has 0 aromatic rings. The quantitative estimate of drug-likeness (QED) is 0.696. The Labute approximate surface area is 117 Å². The van der Waals surface area contributed by atoms with Crippen LogP contribution in [0.1, 0.15) is 53.9 Å². The van der Waals surface area contributed by atoms with E-state index in [0.717, 1.165) is 12.8 Å². The summed E-state index contributed by atoms with van der Waals surface area (Å²) in [4.78, 5) is 12.3. The molecule has 1 aliphatic rings. The number of nitrogens with one attached hydrogen (secondary N) is 1. The zero-order chi connectivity index (χ0) is 14.7. The smallest absolute Gasteiger partial charge is 0.240 e. The number of ether oxygens (including phenoxy) is 1. The first-order valence-electron chi connectivity index (χ1n) is 7.44. The zero-order valence-corrected chi connectivity index (χ0v) is 13.1. The van der Waals surface area contributed by atoms with E-state index in [1.807, 2.05) is 20.8 Å². The lowest BCUT2D eigenvalue weighted by atomic mass is 9.54. The van der Waals surface area contributed by atoms with Gasteiger partial charge in [0.2, 0.25) is 5.91 Å². The molecule has 0 heterocycles. The second-order valence-electron chi connectivity index (χ2n) is 6.63. The van der Waals surface area contributed by atoms with Gasteiger partial charge in [0.15, 0.2) is 0 Å². The van der Waals surface area contributed by atoms with E-state index < -0.39 is 5.54 Å². The summed E-state index contributed by atoms with van der Waals surface area (Å²) in [5.74, 6) is 0.642. The predicted molar refractivity (Wildman–Crippen MR) is 77.8 cm³/mol. The first-order valence-corrected chi connectivity index (χ1v) is 7.44. The van der Waals surface area contributed by atoms with Crippen molar-refractivity contribution < 1.29 is 9.53 Å². The summed E-state index contributed by atoms with van der Waals surface area (Å²) in [6, 6.07) is 0. The molecule has 0 bridgehead atoms. The molecule has 0 aromatic carbocycles. The fraction of sp³-hybridized carbons (Fsp3) is 0.933. The Morgan fingerprint density at radius 3 is 2.58 bits per heavy atom. The molecule has 2 unspecified atom stereocenters. The number of hydrogen-bond acceptors (Lipinski definition) is 3. The van der Waals surface area contributed by atoms with Crippen LogP contribution in [0.3, 0.4) is 0 Å². The van der Waals surface area contributed by atoms with Gasteiger partial charge in [0, 0.05) is 25.0 Å². The molecule has 4 nitrogen and oxygen atoms in total.